The summed E-state index contributed by atoms with van der Waals surface area (Å²) in [6.07, 6.45) is 4.56. The fraction of sp³-hybridized carbons (Fsp3) is 0.467. The number of halogens is 1. The summed E-state index contributed by atoms with van der Waals surface area (Å²) in [6.45, 7) is 1.90. The molecule has 0 aromatic heterocycles. The summed E-state index contributed by atoms with van der Waals surface area (Å²) in [5.41, 5.74) is 1.16. The molecule has 2 rings (SSSR count). The van der Waals surface area contributed by atoms with E-state index >= 15 is 0 Å². The second-order valence-electron chi connectivity index (χ2n) is 4.95. The number of anilines is 1. The smallest absolute Gasteiger partial charge is 0.241 e. The van der Waals surface area contributed by atoms with E-state index in [0.29, 0.717) is 16.3 Å². The molecule has 1 aromatic carbocycles. The van der Waals surface area contributed by atoms with Crippen LogP contribution in [0.1, 0.15) is 31.2 Å². The van der Waals surface area contributed by atoms with Gasteiger partial charge in [-0.05, 0) is 31.0 Å². The zero-order chi connectivity index (χ0) is 14.4. The van der Waals surface area contributed by atoms with Crippen molar-refractivity contribution in [2.45, 2.75) is 25.7 Å². The normalized spacial score (nSPS) is 15.3. The van der Waals surface area contributed by atoms with E-state index in [4.69, 9.17) is 16.9 Å². The van der Waals surface area contributed by atoms with Gasteiger partial charge in [0.25, 0.3) is 0 Å². The van der Waals surface area contributed by atoms with Gasteiger partial charge in [0.1, 0.15) is 0 Å². The van der Waals surface area contributed by atoms with Gasteiger partial charge in [0, 0.05) is 13.1 Å². The lowest BCUT2D eigenvalue weighted by atomic mass is 10.2. The highest BCUT2D eigenvalue weighted by Crippen LogP contribution is 2.22. The number of rotatable bonds is 3. The van der Waals surface area contributed by atoms with Crippen LogP contribution in [-0.2, 0) is 4.79 Å². The Hall–Kier alpha value is -1.73. The number of hydrogen-bond acceptors (Lipinski definition) is 3. The third kappa shape index (κ3) is 3.88. The number of nitrogens with zero attached hydrogens (tertiary/aromatic N) is 2. The molecule has 5 heteroatoms. The summed E-state index contributed by atoms with van der Waals surface area (Å²) in [6, 6.07) is 7.05. The molecule has 0 atom stereocenters. The van der Waals surface area contributed by atoms with E-state index in [2.05, 4.69) is 11.4 Å². The van der Waals surface area contributed by atoms with E-state index in [1.54, 1.807) is 18.2 Å². The number of carbonyl (C=O) groups is 1. The Morgan fingerprint density at radius 2 is 2.00 bits per heavy atom. The lowest BCUT2D eigenvalue weighted by molar-refractivity contribution is -0.129. The molecule has 20 heavy (non-hydrogen) atoms. The van der Waals surface area contributed by atoms with Crippen LogP contribution in [0.25, 0.3) is 0 Å². The molecule has 0 bridgehead atoms. The summed E-state index contributed by atoms with van der Waals surface area (Å²) in [5, 5.41) is 12.4. The van der Waals surface area contributed by atoms with Crippen molar-refractivity contribution in [3.63, 3.8) is 0 Å². The monoisotopic (exact) mass is 291 g/mol. The number of nitrogens with one attached hydrogen (secondary N) is 1. The van der Waals surface area contributed by atoms with Crippen LogP contribution in [-0.4, -0.2) is 30.4 Å². The van der Waals surface area contributed by atoms with Gasteiger partial charge in [0.2, 0.25) is 5.91 Å². The second kappa shape index (κ2) is 7.16. The molecule has 0 unspecified atom stereocenters. The second-order valence-corrected chi connectivity index (χ2v) is 5.36. The number of carbonyl (C=O) groups excluding carboxylic acids is 1. The Bertz CT molecular complexity index is 516. The SMILES string of the molecule is N#Cc1ccc(Cl)c(NCC(=O)N2CCCCCC2)c1. The standard InChI is InChI=1S/C15H18ClN3O/c16-13-6-5-12(10-17)9-14(13)18-11-15(20)19-7-3-1-2-4-8-19/h5-6,9,18H,1-4,7-8,11H2. The summed E-state index contributed by atoms with van der Waals surface area (Å²) in [4.78, 5) is 14.1. The maximum Gasteiger partial charge on any atom is 0.241 e. The van der Waals surface area contributed by atoms with Crippen LogP contribution in [0, 0.1) is 11.3 Å². The molecule has 0 saturated carbocycles. The summed E-state index contributed by atoms with van der Waals surface area (Å²) in [7, 11) is 0. The Balaban J connectivity index is 1.94. The summed E-state index contributed by atoms with van der Waals surface area (Å²) >= 11 is 6.05. The highest BCUT2D eigenvalue weighted by Gasteiger charge is 2.15. The summed E-state index contributed by atoms with van der Waals surface area (Å²) in [5.74, 6) is 0.0883. The molecular formula is C15H18ClN3O. The van der Waals surface area contributed by atoms with Gasteiger partial charge in [-0.3, -0.25) is 4.79 Å². The van der Waals surface area contributed by atoms with E-state index in [1.165, 1.54) is 12.8 Å². The van der Waals surface area contributed by atoms with Gasteiger partial charge in [-0.15, -0.1) is 0 Å². The van der Waals surface area contributed by atoms with Crippen molar-refractivity contribution >= 4 is 23.2 Å². The molecule has 1 aliphatic heterocycles. The van der Waals surface area contributed by atoms with E-state index in [1.807, 2.05) is 4.90 Å². The minimum Gasteiger partial charge on any atom is -0.375 e. The molecule has 1 aromatic rings. The van der Waals surface area contributed by atoms with Crippen LogP contribution in [0.5, 0.6) is 0 Å². The third-order valence-corrected chi connectivity index (χ3v) is 3.81. The zero-order valence-electron chi connectivity index (χ0n) is 11.4. The molecule has 1 heterocycles. The van der Waals surface area contributed by atoms with Crippen LogP contribution in [0.3, 0.4) is 0 Å². The maximum atomic E-state index is 12.1. The topological polar surface area (TPSA) is 56.1 Å². The Labute approximate surface area is 124 Å². The largest absolute Gasteiger partial charge is 0.375 e. The van der Waals surface area contributed by atoms with Gasteiger partial charge in [-0.1, -0.05) is 24.4 Å². The Morgan fingerprint density at radius 1 is 1.30 bits per heavy atom. The highest BCUT2D eigenvalue weighted by atomic mass is 35.5. The summed E-state index contributed by atoms with van der Waals surface area (Å²) < 4.78 is 0. The Kier molecular flexibility index (Phi) is 5.25. The minimum absolute atomic E-state index is 0.0883. The van der Waals surface area contributed by atoms with E-state index in [-0.39, 0.29) is 12.5 Å². The molecule has 0 radical (unpaired) electrons. The first-order chi connectivity index (χ1) is 9.70. The van der Waals surface area contributed by atoms with E-state index in [9.17, 15) is 4.79 Å². The molecule has 4 nitrogen and oxygen atoms in total. The number of hydrogen-bond donors (Lipinski definition) is 1. The van der Waals surface area contributed by atoms with Crippen molar-refractivity contribution in [1.29, 1.82) is 5.26 Å². The van der Waals surface area contributed by atoms with Crippen LogP contribution in [0.2, 0.25) is 5.02 Å². The first kappa shape index (κ1) is 14.7. The zero-order valence-corrected chi connectivity index (χ0v) is 12.1. The van der Waals surface area contributed by atoms with E-state index in [0.717, 1.165) is 25.9 Å². The number of nitriles is 1. The van der Waals surface area contributed by atoms with Gasteiger partial charge < -0.3 is 10.2 Å². The van der Waals surface area contributed by atoms with Crippen molar-refractivity contribution in [3.05, 3.63) is 28.8 Å². The lowest BCUT2D eigenvalue weighted by Gasteiger charge is -2.21. The lowest BCUT2D eigenvalue weighted by Crippen LogP contribution is -2.36. The average Bonchev–Trinajstić information content (AvgIpc) is 2.75. The van der Waals surface area contributed by atoms with Gasteiger partial charge in [0.15, 0.2) is 0 Å². The number of benzene rings is 1. The van der Waals surface area contributed by atoms with Crippen molar-refractivity contribution in [2.75, 3.05) is 25.0 Å². The van der Waals surface area contributed by atoms with Gasteiger partial charge in [-0.2, -0.15) is 5.26 Å². The molecule has 0 spiro atoms. The molecular weight excluding hydrogens is 274 g/mol. The highest BCUT2D eigenvalue weighted by molar-refractivity contribution is 6.33. The molecule has 0 aliphatic carbocycles. The fourth-order valence-corrected chi connectivity index (χ4v) is 2.52. The first-order valence-corrected chi connectivity index (χ1v) is 7.30. The molecule has 106 valence electrons. The number of likely N-dealkylation sites (tertiary alicyclic amines) is 1. The van der Waals surface area contributed by atoms with Crippen molar-refractivity contribution in [1.82, 2.24) is 4.90 Å². The quantitative estimate of drug-likeness (QED) is 0.931. The van der Waals surface area contributed by atoms with Crippen LogP contribution in [0.15, 0.2) is 18.2 Å². The maximum absolute atomic E-state index is 12.1. The van der Waals surface area contributed by atoms with Gasteiger partial charge in [0.05, 0.1) is 28.9 Å². The van der Waals surface area contributed by atoms with E-state index < -0.39 is 0 Å². The van der Waals surface area contributed by atoms with Crippen molar-refractivity contribution in [2.24, 2.45) is 0 Å². The van der Waals surface area contributed by atoms with Crippen molar-refractivity contribution in [3.8, 4) is 6.07 Å². The molecule has 1 aliphatic rings. The molecule has 1 fully saturated rings. The molecule has 1 amide bonds. The third-order valence-electron chi connectivity index (χ3n) is 3.48. The van der Waals surface area contributed by atoms with Crippen molar-refractivity contribution < 1.29 is 4.79 Å². The predicted molar refractivity (Wildman–Crippen MR) is 79.7 cm³/mol. The predicted octanol–water partition coefficient (Wildman–Crippen LogP) is 3.03. The van der Waals surface area contributed by atoms with Crippen LogP contribution >= 0.6 is 11.6 Å². The first-order valence-electron chi connectivity index (χ1n) is 6.92. The van der Waals surface area contributed by atoms with Crippen LogP contribution in [0.4, 0.5) is 5.69 Å². The Morgan fingerprint density at radius 3 is 2.65 bits per heavy atom. The van der Waals surface area contributed by atoms with Crippen LogP contribution < -0.4 is 5.32 Å². The average molecular weight is 292 g/mol. The number of amides is 1. The van der Waals surface area contributed by atoms with Gasteiger partial charge >= 0.3 is 0 Å². The molecule has 1 N–H and O–H groups in total. The fourth-order valence-electron chi connectivity index (χ4n) is 2.33. The van der Waals surface area contributed by atoms with Gasteiger partial charge in [-0.25, -0.2) is 0 Å². The molecule has 1 saturated heterocycles. The minimum atomic E-state index is 0.0883.